The van der Waals surface area contributed by atoms with Crippen LogP contribution in [-0.2, 0) is 10.5 Å². The molecule has 0 bridgehead atoms. The number of aromatic nitrogens is 1. The number of hydrogen-bond acceptors (Lipinski definition) is 3. The SMILES string of the molecule is Cc1cccc(CSCC(=O)NC(c2ccccc2)c2ccccn2)c1. The van der Waals surface area contributed by atoms with Gasteiger partial charge in [0.2, 0.25) is 5.91 Å². The molecule has 1 unspecified atom stereocenters. The Balaban J connectivity index is 1.62. The van der Waals surface area contributed by atoms with Crippen molar-refractivity contribution in [2.45, 2.75) is 18.7 Å². The van der Waals surface area contributed by atoms with Gasteiger partial charge >= 0.3 is 0 Å². The summed E-state index contributed by atoms with van der Waals surface area (Å²) in [6, 6.07) is 23.9. The minimum atomic E-state index is -0.232. The normalized spacial score (nSPS) is 11.7. The molecule has 0 aliphatic carbocycles. The summed E-state index contributed by atoms with van der Waals surface area (Å²) in [5, 5.41) is 3.12. The van der Waals surface area contributed by atoms with Crippen LogP contribution in [0.5, 0.6) is 0 Å². The number of pyridine rings is 1. The summed E-state index contributed by atoms with van der Waals surface area (Å²) in [7, 11) is 0. The van der Waals surface area contributed by atoms with Crippen molar-refractivity contribution >= 4 is 17.7 Å². The molecule has 3 aromatic rings. The maximum atomic E-state index is 12.5. The average molecular weight is 362 g/mol. The number of aryl methyl sites for hydroxylation is 1. The summed E-state index contributed by atoms with van der Waals surface area (Å²) in [6.07, 6.45) is 1.75. The Bertz CT molecular complexity index is 798. The molecule has 0 aliphatic heterocycles. The maximum absolute atomic E-state index is 12.5. The van der Waals surface area contributed by atoms with E-state index in [1.807, 2.05) is 48.5 Å². The second-order valence-electron chi connectivity index (χ2n) is 6.15. The minimum Gasteiger partial charge on any atom is -0.343 e. The lowest BCUT2D eigenvalue weighted by Gasteiger charge is -2.18. The molecule has 0 radical (unpaired) electrons. The molecule has 1 atom stereocenters. The number of hydrogen-bond donors (Lipinski definition) is 1. The van der Waals surface area contributed by atoms with E-state index in [1.54, 1.807) is 18.0 Å². The zero-order valence-corrected chi connectivity index (χ0v) is 15.6. The number of nitrogens with one attached hydrogen (secondary N) is 1. The first kappa shape index (κ1) is 18.2. The number of nitrogens with zero attached hydrogens (tertiary/aromatic N) is 1. The molecule has 1 N–H and O–H groups in total. The Morgan fingerprint density at radius 2 is 1.85 bits per heavy atom. The number of carbonyl (C=O) groups is 1. The van der Waals surface area contributed by atoms with Gasteiger partial charge in [0.1, 0.15) is 0 Å². The summed E-state index contributed by atoms with van der Waals surface area (Å²) >= 11 is 1.62. The molecule has 2 aromatic carbocycles. The van der Waals surface area contributed by atoms with E-state index in [0.717, 1.165) is 17.0 Å². The van der Waals surface area contributed by atoms with Gasteiger partial charge in [-0.2, -0.15) is 0 Å². The van der Waals surface area contributed by atoms with Crippen molar-refractivity contribution in [3.05, 3.63) is 101 Å². The number of carbonyl (C=O) groups excluding carboxylic acids is 1. The first-order valence-electron chi connectivity index (χ1n) is 8.61. The zero-order chi connectivity index (χ0) is 18.2. The first-order valence-corrected chi connectivity index (χ1v) is 9.76. The number of thioether (sulfide) groups is 1. The predicted octanol–water partition coefficient (Wildman–Crippen LogP) is 4.53. The van der Waals surface area contributed by atoms with Crippen molar-refractivity contribution in [2.75, 3.05) is 5.75 Å². The van der Waals surface area contributed by atoms with Gasteiger partial charge in [0.05, 0.1) is 17.5 Å². The third-order valence-corrected chi connectivity index (χ3v) is 5.01. The molecule has 0 aliphatic rings. The quantitative estimate of drug-likeness (QED) is 0.671. The van der Waals surface area contributed by atoms with Gasteiger partial charge < -0.3 is 5.32 Å². The Labute approximate surface area is 158 Å². The third-order valence-electron chi connectivity index (χ3n) is 4.01. The Morgan fingerprint density at radius 1 is 1.04 bits per heavy atom. The largest absolute Gasteiger partial charge is 0.343 e. The van der Waals surface area contributed by atoms with Crippen molar-refractivity contribution in [1.82, 2.24) is 10.3 Å². The fraction of sp³-hybridized carbons (Fsp3) is 0.182. The monoisotopic (exact) mass is 362 g/mol. The van der Waals surface area contributed by atoms with Crippen LogP contribution < -0.4 is 5.32 Å². The van der Waals surface area contributed by atoms with E-state index >= 15 is 0 Å². The van der Waals surface area contributed by atoms with Crippen molar-refractivity contribution in [3.8, 4) is 0 Å². The van der Waals surface area contributed by atoms with Crippen molar-refractivity contribution in [2.24, 2.45) is 0 Å². The lowest BCUT2D eigenvalue weighted by molar-refractivity contribution is -0.119. The Morgan fingerprint density at radius 3 is 2.58 bits per heavy atom. The van der Waals surface area contributed by atoms with Gasteiger partial charge in [0.25, 0.3) is 0 Å². The van der Waals surface area contributed by atoms with Gasteiger partial charge in [-0.3, -0.25) is 9.78 Å². The number of rotatable bonds is 7. The van der Waals surface area contributed by atoms with E-state index in [1.165, 1.54) is 11.1 Å². The summed E-state index contributed by atoms with van der Waals surface area (Å²) < 4.78 is 0. The third kappa shape index (κ3) is 5.20. The van der Waals surface area contributed by atoms with Crippen LogP contribution in [0.25, 0.3) is 0 Å². The summed E-state index contributed by atoms with van der Waals surface area (Å²) in [4.78, 5) is 16.9. The highest BCUT2D eigenvalue weighted by atomic mass is 32.2. The standard InChI is InChI=1S/C22H22N2OS/c1-17-8-7-9-18(14-17)15-26-16-21(25)24-22(19-10-3-2-4-11-19)20-12-5-6-13-23-20/h2-14,22H,15-16H2,1H3,(H,24,25). The highest BCUT2D eigenvalue weighted by Gasteiger charge is 2.17. The van der Waals surface area contributed by atoms with Crippen molar-refractivity contribution in [3.63, 3.8) is 0 Å². The second kappa shape index (κ2) is 9.20. The minimum absolute atomic E-state index is 0.0159. The molecule has 26 heavy (non-hydrogen) atoms. The van der Waals surface area contributed by atoms with Gasteiger partial charge in [-0.1, -0.05) is 66.2 Å². The summed E-state index contributed by atoms with van der Waals surface area (Å²) in [6.45, 7) is 2.08. The van der Waals surface area contributed by atoms with E-state index in [4.69, 9.17) is 0 Å². The molecule has 3 rings (SSSR count). The van der Waals surface area contributed by atoms with Gasteiger partial charge in [-0.25, -0.2) is 0 Å². The van der Waals surface area contributed by atoms with Crippen molar-refractivity contribution in [1.29, 1.82) is 0 Å². The molecule has 0 saturated carbocycles. The van der Waals surface area contributed by atoms with E-state index < -0.39 is 0 Å². The van der Waals surface area contributed by atoms with Crippen LogP contribution in [0.3, 0.4) is 0 Å². The molecule has 0 fully saturated rings. The molecule has 0 spiro atoms. The summed E-state index contributed by atoms with van der Waals surface area (Å²) in [5.41, 5.74) is 4.36. The smallest absolute Gasteiger partial charge is 0.230 e. The lowest BCUT2D eigenvalue weighted by atomic mass is 10.0. The highest BCUT2D eigenvalue weighted by Crippen LogP contribution is 2.20. The fourth-order valence-electron chi connectivity index (χ4n) is 2.79. The first-order chi connectivity index (χ1) is 12.7. The fourth-order valence-corrected chi connectivity index (χ4v) is 3.57. The van der Waals surface area contributed by atoms with E-state index in [-0.39, 0.29) is 11.9 Å². The van der Waals surface area contributed by atoms with Gasteiger partial charge in [0.15, 0.2) is 0 Å². The molecule has 3 nitrogen and oxygen atoms in total. The number of benzene rings is 2. The van der Waals surface area contributed by atoms with Crippen LogP contribution in [0.2, 0.25) is 0 Å². The zero-order valence-electron chi connectivity index (χ0n) is 14.8. The Hall–Kier alpha value is -2.59. The summed E-state index contributed by atoms with van der Waals surface area (Å²) in [5.74, 6) is 1.26. The van der Waals surface area contributed by atoms with Crippen LogP contribution >= 0.6 is 11.8 Å². The maximum Gasteiger partial charge on any atom is 0.230 e. The van der Waals surface area contributed by atoms with Crippen LogP contribution in [0.15, 0.2) is 79.0 Å². The predicted molar refractivity (Wildman–Crippen MR) is 108 cm³/mol. The molecule has 132 valence electrons. The molecule has 1 aromatic heterocycles. The van der Waals surface area contributed by atoms with Crippen LogP contribution in [0.4, 0.5) is 0 Å². The van der Waals surface area contributed by atoms with Crippen LogP contribution in [-0.4, -0.2) is 16.6 Å². The second-order valence-corrected chi connectivity index (χ2v) is 7.13. The molecule has 4 heteroatoms. The molecule has 1 heterocycles. The van der Waals surface area contributed by atoms with Crippen LogP contribution in [0.1, 0.15) is 28.4 Å². The molecule has 1 amide bonds. The van der Waals surface area contributed by atoms with E-state index in [2.05, 4.69) is 41.5 Å². The lowest BCUT2D eigenvalue weighted by Crippen LogP contribution is -2.31. The highest BCUT2D eigenvalue weighted by molar-refractivity contribution is 7.99. The van der Waals surface area contributed by atoms with Gasteiger partial charge in [-0.05, 0) is 30.2 Å². The van der Waals surface area contributed by atoms with Crippen molar-refractivity contribution < 1.29 is 4.79 Å². The molecular formula is C22H22N2OS. The van der Waals surface area contributed by atoms with Crippen LogP contribution in [0, 0.1) is 6.92 Å². The van der Waals surface area contributed by atoms with E-state index in [0.29, 0.717) is 5.75 Å². The molecular weight excluding hydrogens is 340 g/mol. The van der Waals surface area contributed by atoms with Gasteiger partial charge in [0, 0.05) is 11.9 Å². The van der Waals surface area contributed by atoms with Gasteiger partial charge in [-0.15, -0.1) is 11.8 Å². The van der Waals surface area contributed by atoms with E-state index in [9.17, 15) is 4.79 Å². The topological polar surface area (TPSA) is 42.0 Å². The molecule has 0 saturated heterocycles. The number of amides is 1. The average Bonchev–Trinajstić information content (AvgIpc) is 2.67. The Kier molecular flexibility index (Phi) is 6.45.